The zero-order valence-electron chi connectivity index (χ0n) is 9.69. The first kappa shape index (κ1) is 11.0. The highest BCUT2D eigenvalue weighted by atomic mass is 14.9. The van der Waals surface area contributed by atoms with Crippen molar-refractivity contribution >= 4 is 0 Å². The molecule has 0 amide bonds. The maximum atomic E-state index is 3.48. The monoisotopic (exact) mass is 183 g/mol. The van der Waals surface area contributed by atoms with E-state index in [1.807, 2.05) is 0 Å². The van der Waals surface area contributed by atoms with Crippen molar-refractivity contribution in [1.82, 2.24) is 5.32 Å². The smallest absolute Gasteiger partial charge is 0.0118 e. The second kappa shape index (κ2) is 4.45. The molecule has 1 heteroatoms. The summed E-state index contributed by atoms with van der Waals surface area (Å²) in [5.74, 6) is 0.865. The lowest BCUT2D eigenvalue weighted by Crippen LogP contribution is -2.33. The molecule has 1 fully saturated rings. The van der Waals surface area contributed by atoms with Crippen molar-refractivity contribution < 1.29 is 0 Å². The molecule has 1 atom stereocenters. The van der Waals surface area contributed by atoms with E-state index in [4.69, 9.17) is 0 Å². The Bertz CT molecular complexity index is 147. The molecule has 1 aliphatic carbocycles. The summed E-state index contributed by atoms with van der Waals surface area (Å²) in [6, 6.07) is 0.770. The summed E-state index contributed by atoms with van der Waals surface area (Å²) in [6.45, 7) is 7.05. The van der Waals surface area contributed by atoms with E-state index < -0.39 is 0 Å². The molecule has 1 saturated carbocycles. The summed E-state index contributed by atoms with van der Waals surface area (Å²) in [7, 11) is 2.11. The molecule has 0 bridgehead atoms. The molecule has 0 aliphatic heterocycles. The minimum Gasteiger partial charge on any atom is -0.316 e. The van der Waals surface area contributed by atoms with Crippen LogP contribution in [0, 0.1) is 11.3 Å². The van der Waals surface area contributed by atoms with Crippen LogP contribution in [0.5, 0.6) is 0 Å². The summed E-state index contributed by atoms with van der Waals surface area (Å²) < 4.78 is 0. The number of rotatable bonds is 6. The van der Waals surface area contributed by atoms with Gasteiger partial charge in [0.2, 0.25) is 0 Å². The van der Waals surface area contributed by atoms with E-state index in [1.54, 1.807) is 0 Å². The van der Waals surface area contributed by atoms with Gasteiger partial charge in [-0.15, -0.1) is 0 Å². The van der Waals surface area contributed by atoms with Crippen molar-refractivity contribution in [1.29, 1.82) is 0 Å². The van der Waals surface area contributed by atoms with Crippen molar-refractivity contribution in [2.75, 3.05) is 7.05 Å². The van der Waals surface area contributed by atoms with Crippen LogP contribution in [0.2, 0.25) is 0 Å². The van der Waals surface area contributed by atoms with Gasteiger partial charge in [0.15, 0.2) is 0 Å². The highest BCUT2D eigenvalue weighted by Crippen LogP contribution is 2.49. The molecule has 0 aromatic carbocycles. The fraction of sp³-hybridized carbons (Fsp3) is 1.00. The molecule has 0 heterocycles. The lowest BCUT2D eigenvalue weighted by atomic mass is 9.92. The second-order valence-electron chi connectivity index (χ2n) is 5.32. The first-order valence-corrected chi connectivity index (χ1v) is 5.76. The van der Waals surface area contributed by atoms with E-state index in [0.29, 0.717) is 5.41 Å². The van der Waals surface area contributed by atoms with Crippen LogP contribution >= 0.6 is 0 Å². The minimum atomic E-state index is 0.645. The van der Waals surface area contributed by atoms with Crippen molar-refractivity contribution in [3.05, 3.63) is 0 Å². The molecule has 1 N–H and O–H groups in total. The van der Waals surface area contributed by atoms with Crippen LogP contribution in [0.1, 0.15) is 52.9 Å². The van der Waals surface area contributed by atoms with Gasteiger partial charge < -0.3 is 5.32 Å². The summed E-state index contributed by atoms with van der Waals surface area (Å²) in [6.07, 6.45) is 7.00. The Morgan fingerprint density at radius 3 is 2.23 bits per heavy atom. The fourth-order valence-electron chi connectivity index (χ4n) is 2.12. The molecule has 1 aliphatic rings. The minimum absolute atomic E-state index is 0.645. The second-order valence-corrected chi connectivity index (χ2v) is 5.32. The molecule has 0 aromatic rings. The Labute approximate surface area is 83.3 Å². The van der Waals surface area contributed by atoms with Crippen molar-refractivity contribution in [3.63, 3.8) is 0 Å². The Kier molecular flexibility index (Phi) is 3.78. The summed E-state index contributed by atoms with van der Waals surface area (Å²) in [4.78, 5) is 0. The van der Waals surface area contributed by atoms with Gasteiger partial charge >= 0.3 is 0 Å². The molecular formula is C12H25N. The predicted octanol–water partition coefficient (Wildman–Crippen LogP) is 3.20. The van der Waals surface area contributed by atoms with Crippen LogP contribution in [-0.2, 0) is 0 Å². The predicted molar refractivity (Wildman–Crippen MR) is 58.9 cm³/mol. The highest BCUT2D eigenvalue weighted by molar-refractivity contribution is 4.97. The molecule has 0 radical (unpaired) electrons. The quantitative estimate of drug-likeness (QED) is 0.667. The van der Waals surface area contributed by atoms with Gasteiger partial charge in [-0.1, -0.05) is 33.6 Å². The lowest BCUT2D eigenvalue weighted by Gasteiger charge is -2.23. The van der Waals surface area contributed by atoms with E-state index >= 15 is 0 Å². The van der Waals surface area contributed by atoms with Crippen LogP contribution in [0.3, 0.4) is 0 Å². The zero-order valence-corrected chi connectivity index (χ0v) is 9.69. The van der Waals surface area contributed by atoms with Crippen LogP contribution in [-0.4, -0.2) is 13.1 Å². The van der Waals surface area contributed by atoms with Crippen LogP contribution in [0.15, 0.2) is 0 Å². The van der Waals surface area contributed by atoms with Crippen molar-refractivity contribution in [2.24, 2.45) is 11.3 Å². The maximum Gasteiger partial charge on any atom is 0.0118 e. The van der Waals surface area contributed by atoms with Gasteiger partial charge in [-0.2, -0.15) is 0 Å². The van der Waals surface area contributed by atoms with Gasteiger partial charge in [0.1, 0.15) is 0 Å². The molecule has 0 aromatic heterocycles. The van der Waals surface area contributed by atoms with Gasteiger partial charge in [0, 0.05) is 6.04 Å². The van der Waals surface area contributed by atoms with E-state index in [0.717, 1.165) is 12.0 Å². The SMILES string of the molecule is CNC(CCCC(C)C)C1(C)CC1. The van der Waals surface area contributed by atoms with Crippen LogP contribution in [0.25, 0.3) is 0 Å². The van der Waals surface area contributed by atoms with Gasteiger partial charge in [-0.05, 0) is 37.6 Å². The third kappa shape index (κ3) is 3.30. The van der Waals surface area contributed by atoms with Crippen molar-refractivity contribution in [3.8, 4) is 0 Å². The third-order valence-electron chi connectivity index (χ3n) is 3.50. The van der Waals surface area contributed by atoms with Gasteiger partial charge in [0.25, 0.3) is 0 Å². The average molecular weight is 183 g/mol. The largest absolute Gasteiger partial charge is 0.316 e. The average Bonchev–Trinajstić information content (AvgIpc) is 2.78. The number of hydrogen-bond acceptors (Lipinski definition) is 1. The Hall–Kier alpha value is -0.0400. The number of nitrogens with one attached hydrogen (secondary N) is 1. The first-order valence-electron chi connectivity index (χ1n) is 5.76. The molecule has 1 nitrogen and oxygen atoms in total. The topological polar surface area (TPSA) is 12.0 Å². The van der Waals surface area contributed by atoms with Crippen LogP contribution < -0.4 is 5.32 Å². The lowest BCUT2D eigenvalue weighted by molar-refractivity contribution is 0.340. The number of hydrogen-bond donors (Lipinski definition) is 1. The zero-order chi connectivity index (χ0) is 9.90. The third-order valence-corrected chi connectivity index (χ3v) is 3.50. The molecule has 13 heavy (non-hydrogen) atoms. The fourth-order valence-corrected chi connectivity index (χ4v) is 2.12. The van der Waals surface area contributed by atoms with E-state index in [9.17, 15) is 0 Å². The maximum absolute atomic E-state index is 3.48. The first-order chi connectivity index (χ1) is 6.08. The summed E-state index contributed by atoms with van der Waals surface area (Å²) >= 11 is 0. The standard InChI is InChI=1S/C12H25N/c1-10(2)6-5-7-11(13-4)12(3)8-9-12/h10-11,13H,5-9H2,1-4H3. The molecule has 1 unspecified atom stereocenters. The molecule has 1 rings (SSSR count). The highest BCUT2D eigenvalue weighted by Gasteiger charge is 2.43. The van der Waals surface area contributed by atoms with E-state index in [1.165, 1.54) is 32.1 Å². The van der Waals surface area contributed by atoms with Crippen molar-refractivity contribution in [2.45, 2.75) is 58.9 Å². The molecule has 78 valence electrons. The van der Waals surface area contributed by atoms with Crippen LogP contribution in [0.4, 0.5) is 0 Å². The van der Waals surface area contributed by atoms with E-state index in [2.05, 4.69) is 33.1 Å². The molecule has 0 spiro atoms. The molecule has 0 saturated heterocycles. The summed E-state index contributed by atoms with van der Waals surface area (Å²) in [5, 5.41) is 3.48. The Balaban J connectivity index is 2.17. The van der Waals surface area contributed by atoms with E-state index in [-0.39, 0.29) is 0 Å². The van der Waals surface area contributed by atoms with Gasteiger partial charge in [-0.25, -0.2) is 0 Å². The van der Waals surface area contributed by atoms with Gasteiger partial charge in [0.05, 0.1) is 0 Å². The molecular weight excluding hydrogens is 158 g/mol. The van der Waals surface area contributed by atoms with Gasteiger partial charge in [-0.3, -0.25) is 0 Å². The Morgan fingerprint density at radius 1 is 1.23 bits per heavy atom. The Morgan fingerprint density at radius 2 is 1.85 bits per heavy atom. The summed E-state index contributed by atoms with van der Waals surface area (Å²) in [5.41, 5.74) is 0.645. The normalized spacial score (nSPS) is 21.9.